The van der Waals surface area contributed by atoms with Gasteiger partial charge in [0.15, 0.2) is 22.7 Å². The maximum atomic E-state index is 12.6. The number of halogens is 2. The first-order valence-electron chi connectivity index (χ1n) is 12.4. The zero-order valence-corrected chi connectivity index (χ0v) is 23.5. The molecule has 212 valence electrons. The highest BCUT2D eigenvalue weighted by molar-refractivity contribution is 5.85. The van der Waals surface area contributed by atoms with E-state index in [4.69, 9.17) is 9.84 Å². The lowest BCUT2D eigenvalue weighted by Crippen LogP contribution is -2.50. The van der Waals surface area contributed by atoms with E-state index in [1.54, 1.807) is 32.1 Å². The van der Waals surface area contributed by atoms with E-state index in [1.165, 1.54) is 0 Å². The minimum absolute atomic E-state index is 0.0267. The van der Waals surface area contributed by atoms with Crippen molar-refractivity contribution in [3.05, 3.63) is 24.5 Å². The van der Waals surface area contributed by atoms with Gasteiger partial charge in [-0.25, -0.2) is 15.2 Å². The largest absolute Gasteiger partial charge is 0.507 e. The summed E-state index contributed by atoms with van der Waals surface area (Å²) in [5.41, 5.74) is 3.28. The molecule has 0 unspecified atom stereocenters. The molecule has 1 amide bonds. The maximum absolute atomic E-state index is 12.6. The van der Waals surface area contributed by atoms with Crippen LogP contribution in [0.2, 0.25) is 0 Å². The Kier molecular flexibility index (Phi) is 11.8. The number of aromatic nitrogens is 4. The van der Waals surface area contributed by atoms with Gasteiger partial charge in [0.1, 0.15) is 11.7 Å². The van der Waals surface area contributed by atoms with Crippen molar-refractivity contribution < 1.29 is 23.4 Å². The fraction of sp³-hybridized carbons (Fsp3) is 0.640. The number of alkyl halides is 2. The van der Waals surface area contributed by atoms with Crippen LogP contribution in [0.15, 0.2) is 18.7 Å². The third kappa shape index (κ3) is 10.1. The lowest BCUT2D eigenvalue weighted by Gasteiger charge is -2.32. The number of anilines is 1. The van der Waals surface area contributed by atoms with Crippen LogP contribution in [-0.4, -0.2) is 73.8 Å². The number of hydrazine groups is 1. The zero-order valence-electron chi connectivity index (χ0n) is 23.5. The van der Waals surface area contributed by atoms with Crippen molar-refractivity contribution in [2.24, 2.45) is 0 Å². The van der Waals surface area contributed by atoms with Crippen LogP contribution >= 0.6 is 0 Å². The van der Waals surface area contributed by atoms with E-state index in [2.05, 4.69) is 31.9 Å². The number of aliphatic hydroxyl groups is 1. The van der Waals surface area contributed by atoms with Gasteiger partial charge in [0, 0.05) is 13.5 Å². The Morgan fingerprint density at radius 1 is 1.26 bits per heavy atom. The van der Waals surface area contributed by atoms with Crippen LogP contribution in [0.5, 0.6) is 0 Å². The molecule has 0 aliphatic carbocycles. The molecule has 0 aliphatic rings. The normalized spacial score (nSPS) is 11.7. The van der Waals surface area contributed by atoms with E-state index in [0.717, 1.165) is 25.8 Å². The van der Waals surface area contributed by atoms with Gasteiger partial charge >= 0.3 is 6.09 Å². The summed E-state index contributed by atoms with van der Waals surface area (Å²) in [6.07, 6.45) is 3.53. The van der Waals surface area contributed by atoms with Gasteiger partial charge < -0.3 is 19.3 Å². The molecule has 2 N–H and O–H groups in total. The van der Waals surface area contributed by atoms with Crippen molar-refractivity contribution >= 4 is 23.1 Å². The smallest absolute Gasteiger partial charge is 0.426 e. The number of carbonyl (C=O) groups is 1. The summed E-state index contributed by atoms with van der Waals surface area (Å²) < 4.78 is 30.4. The highest BCUT2D eigenvalue weighted by atomic mass is 19.3. The number of fused-ring (bicyclic) bond motifs is 1. The molecule has 2 heterocycles. The second kappa shape index (κ2) is 13.9. The molecule has 0 saturated carbocycles. The maximum Gasteiger partial charge on any atom is 0.426 e. The first kappa shape index (κ1) is 32.5. The van der Waals surface area contributed by atoms with Crippen LogP contribution in [-0.2, 0) is 11.3 Å². The minimum atomic E-state index is -3.14. The van der Waals surface area contributed by atoms with Crippen LogP contribution in [0.1, 0.15) is 66.6 Å². The van der Waals surface area contributed by atoms with Gasteiger partial charge in [0.2, 0.25) is 5.82 Å². The number of aliphatic hydroxyl groups excluding tert-OH is 1. The zero-order chi connectivity index (χ0) is 29.3. The standard InChI is InChI=1S/C21H34N8O2.C4H6F2O/c1-8-15(9-2)29(26-20(30)31-21(3,4)5)19-17-18(24-16(13-22)25-19)28(14-23-17)12-10-11-27(6)7;1-3(7)4(2,5)6/h14-15H,8-12H2,1-7H3,(H,26,30);7H,1H2,2H3. The van der Waals surface area contributed by atoms with Gasteiger partial charge in [-0.1, -0.05) is 20.4 Å². The number of hydrogen-bond acceptors (Lipinski definition) is 9. The van der Waals surface area contributed by atoms with E-state index in [-0.39, 0.29) is 11.9 Å². The molecule has 0 fully saturated rings. The van der Waals surface area contributed by atoms with Crippen LogP contribution in [0.25, 0.3) is 11.2 Å². The first-order chi connectivity index (χ1) is 17.5. The van der Waals surface area contributed by atoms with Crippen molar-refractivity contribution in [1.82, 2.24) is 29.8 Å². The molecule has 11 nitrogen and oxygen atoms in total. The fourth-order valence-corrected chi connectivity index (χ4v) is 3.24. The summed E-state index contributed by atoms with van der Waals surface area (Å²) in [7, 11) is 4.05. The number of allylic oxidation sites excluding steroid dienone is 1. The molecule has 0 aliphatic heterocycles. The van der Waals surface area contributed by atoms with Crippen molar-refractivity contribution in [1.29, 1.82) is 5.26 Å². The molecule has 0 atom stereocenters. The average molecular weight is 539 g/mol. The molecule has 0 saturated heterocycles. The number of ether oxygens (including phenoxy) is 1. The summed E-state index contributed by atoms with van der Waals surface area (Å²) in [5, 5.41) is 19.1. The Morgan fingerprint density at radius 2 is 1.84 bits per heavy atom. The Bertz CT molecular complexity index is 1110. The van der Waals surface area contributed by atoms with E-state index >= 15 is 0 Å². The monoisotopic (exact) mass is 538 g/mol. The third-order valence-electron chi connectivity index (χ3n) is 5.20. The fourth-order valence-electron chi connectivity index (χ4n) is 3.24. The first-order valence-corrected chi connectivity index (χ1v) is 12.4. The summed E-state index contributed by atoms with van der Waals surface area (Å²) in [5.74, 6) is -3.81. The van der Waals surface area contributed by atoms with Crippen molar-refractivity contribution in [3.8, 4) is 6.07 Å². The summed E-state index contributed by atoms with van der Waals surface area (Å²) in [6.45, 7) is 14.3. The SMILES string of the molecule is C=C(O)C(C)(F)F.CCC(CC)N(NC(=O)OC(C)(C)C)c1nc(C#N)nc2c1ncn2CCCN(C)C. The van der Waals surface area contributed by atoms with Gasteiger partial charge in [-0.15, -0.1) is 0 Å². The predicted molar refractivity (Wildman–Crippen MR) is 142 cm³/mol. The number of nitrogens with one attached hydrogen (secondary N) is 1. The summed E-state index contributed by atoms with van der Waals surface area (Å²) >= 11 is 0. The number of aryl methyl sites for hydroxylation is 1. The topological polar surface area (TPSA) is 132 Å². The van der Waals surface area contributed by atoms with Crippen LogP contribution in [0.4, 0.5) is 19.4 Å². The Hall–Kier alpha value is -3.53. The number of nitrogens with zero attached hydrogens (tertiary/aromatic N) is 7. The quantitative estimate of drug-likeness (QED) is 0.323. The number of carbonyl (C=O) groups excluding carboxylic acids is 1. The molecular weight excluding hydrogens is 498 g/mol. The number of imidazole rings is 1. The predicted octanol–water partition coefficient (Wildman–Crippen LogP) is 4.80. The molecular formula is C25H40F2N8O3. The molecule has 0 radical (unpaired) electrons. The number of nitriles is 1. The van der Waals surface area contributed by atoms with Crippen molar-refractivity contribution in [2.45, 2.75) is 84.9 Å². The van der Waals surface area contributed by atoms with Gasteiger partial charge in [-0.2, -0.15) is 24.0 Å². The molecule has 38 heavy (non-hydrogen) atoms. The molecule has 2 aromatic rings. The van der Waals surface area contributed by atoms with Crippen LogP contribution in [0.3, 0.4) is 0 Å². The molecule has 13 heteroatoms. The number of hydrogen-bond donors (Lipinski definition) is 2. The molecule has 0 aromatic carbocycles. The molecule has 0 bridgehead atoms. The number of amides is 1. The average Bonchev–Trinajstić information content (AvgIpc) is 3.19. The van der Waals surface area contributed by atoms with E-state index in [0.29, 0.717) is 30.5 Å². The lowest BCUT2D eigenvalue weighted by atomic mass is 10.1. The van der Waals surface area contributed by atoms with Crippen LogP contribution in [0, 0.1) is 11.3 Å². The molecule has 2 aromatic heterocycles. The highest BCUT2D eigenvalue weighted by Gasteiger charge is 2.27. The highest BCUT2D eigenvalue weighted by Crippen LogP contribution is 2.25. The second-order valence-corrected chi connectivity index (χ2v) is 10.0. The number of rotatable bonds is 10. The Morgan fingerprint density at radius 3 is 2.29 bits per heavy atom. The van der Waals surface area contributed by atoms with Gasteiger partial charge in [0.05, 0.1) is 12.4 Å². The lowest BCUT2D eigenvalue weighted by molar-refractivity contribution is 0.0196. The van der Waals surface area contributed by atoms with Gasteiger partial charge in [-0.3, -0.25) is 5.01 Å². The van der Waals surface area contributed by atoms with Crippen molar-refractivity contribution in [2.75, 3.05) is 25.6 Å². The second-order valence-electron chi connectivity index (χ2n) is 10.0. The summed E-state index contributed by atoms with van der Waals surface area (Å²) in [4.78, 5) is 28.0. The van der Waals surface area contributed by atoms with E-state index < -0.39 is 23.4 Å². The molecule has 0 spiro atoms. The van der Waals surface area contributed by atoms with Crippen molar-refractivity contribution in [3.63, 3.8) is 0 Å². The van der Waals surface area contributed by atoms with Gasteiger partial charge in [-0.05, 0) is 60.7 Å². The van der Waals surface area contributed by atoms with Gasteiger partial charge in [0.25, 0.3) is 5.92 Å². The Labute approximate surface area is 223 Å². The summed E-state index contributed by atoms with van der Waals surface area (Å²) in [6, 6.07) is 1.97. The third-order valence-corrected chi connectivity index (χ3v) is 5.20. The van der Waals surface area contributed by atoms with E-state index in [1.807, 2.05) is 38.6 Å². The Balaban J connectivity index is 0.000000905. The van der Waals surface area contributed by atoms with E-state index in [9.17, 15) is 18.8 Å². The molecule has 2 rings (SSSR count). The minimum Gasteiger partial charge on any atom is -0.507 e. The van der Waals surface area contributed by atoms with Crippen LogP contribution < -0.4 is 10.4 Å².